The summed E-state index contributed by atoms with van der Waals surface area (Å²) in [5.41, 5.74) is 0.187. The van der Waals surface area contributed by atoms with E-state index in [0.717, 1.165) is 50.3 Å². The standard InChI is InChI=1S/C18H18ClF4N3/c19-16-9-13(18(21,22)23)10-24-17(16)25-15-5-7-26(8-6-15)11-12-1-3-14(20)4-2-12/h1-4,9-10,15H,5-8,11H2,(H,24,25). The van der Waals surface area contributed by atoms with Gasteiger partial charge in [0.15, 0.2) is 0 Å². The highest BCUT2D eigenvalue weighted by Crippen LogP contribution is 2.33. The van der Waals surface area contributed by atoms with Crippen molar-refractivity contribution < 1.29 is 17.6 Å². The molecule has 1 aliphatic heterocycles. The summed E-state index contributed by atoms with van der Waals surface area (Å²) in [5.74, 6) is 0.0224. The molecule has 1 saturated heterocycles. The molecular formula is C18H18ClF4N3. The zero-order valence-corrected chi connectivity index (χ0v) is 14.6. The predicted molar refractivity (Wildman–Crippen MR) is 92.6 cm³/mol. The number of anilines is 1. The lowest BCUT2D eigenvalue weighted by Gasteiger charge is -2.32. The fourth-order valence-corrected chi connectivity index (χ4v) is 3.20. The Kier molecular flexibility index (Phi) is 5.67. The van der Waals surface area contributed by atoms with E-state index < -0.39 is 11.7 Å². The second-order valence-electron chi connectivity index (χ2n) is 6.37. The van der Waals surface area contributed by atoms with Crippen LogP contribution in [0.4, 0.5) is 23.4 Å². The lowest BCUT2D eigenvalue weighted by molar-refractivity contribution is -0.137. The van der Waals surface area contributed by atoms with Gasteiger partial charge in [0, 0.05) is 31.9 Å². The highest BCUT2D eigenvalue weighted by molar-refractivity contribution is 6.33. The van der Waals surface area contributed by atoms with Crippen molar-refractivity contribution in [3.63, 3.8) is 0 Å². The first-order valence-electron chi connectivity index (χ1n) is 8.27. The third-order valence-corrected chi connectivity index (χ3v) is 4.70. The zero-order chi connectivity index (χ0) is 18.7. The summed E-state index contributed by atoms with van der Waals surface area (Å²) >= 11 is 5.94. The number of aromatic nitrogens is 1. The third kappa shape index (κ3) is 4.86. The van der Waals surface area contributed by atoms with Crippen LogP contribution in [0.3, 0.4) is 0 Å². The maximum atomic E-state index is 12.9. The molecule has 0 radical (unpaired) electrons. The van der Waals surface area contributed by atoms with E-state index in [9.17, 15) is 17.6 Å². The Morgan fingerprint density at radius 1 is 1.15 bits per heavy atom. The summed E-state index contributed by atoms with van der Waals surface area (Å²) in [4.78, 5) is 6.08. The monoisotopic (exact) mass is 387 g/mol. The first kappa shape index (κ1) is 18.9. The number of likely N-dealkylation sites (tertiary alicyclic amines) is 1. The molecule has 140 valence electrons. The summed E-state index contributed by atoms with van der Waals surface area (Å²) in [6.07, 6.45) is -2.03. The molecule has 0 unspecified atom stereocenters. The Morgan fingerprint density at radius 2 is 1.81 bits per heavy atom. The van der Waals surface area contributed by atoms with Crippen LogP contribution in [0.2, 0.25) is 5.02 Å². The van der Waals surface area contributed by atoms with Gasteiger partial charge in [-0.2, -0.15) is 13.2 Å². The van der Waals surface area contributed by atoms with Gasteiger partial charge in [0.1, 0.15) is 11.6 Å². The van der Waals surface area contributed by atoms with E-state index in [1.165, 1.54) is 12.1 Å². The van der Waals surface area contributed by atoms with Crippen molar-refractivity contribution in [2.24, 2.45) is 0 Å². The van der Waals surface area contributed by atoms with Gasteiger partial charge in [-0.25, -0.2) is 9.37 Å². The topological polar surface area (TPSA) is 28.2 Å². The molecule has 1 aliphatic rings. The van der Waals surface area contributed by atoms with Gasteiger partial charge in [-0.15, -0.1) is 0 Å². The van der Waals surface area contributed by atoms with Crippen molar-refractivity contribution >= 4 is 17.4 Å². The minimum Gasteiger partial charge on any atom is -0.366 e. The van der Waals surface area contributed by atoms with E-state index in [4.69, 9.17) is 11.6 Å². The Labute approximate surface area is 154 Å². The van der Waals surface area contributed by atoms with E-state index in [0.29, 0.717) is 0 Å². The van der Waals surface area contributed by atoms with Crippen LogP contribution in [0.25, 0.3) is 0 Å². The van der Waals surface area contributed by atoms with Gasteiger partial charge in [0.2, 0.25) is 0 Å². The molecule has 1 aromatic carbocycles. The first-order valence-corrected chi connectivity index (χ1v) is 8.65. The molecular weight excluding hydrogens is 370 g/mol. The van der Waals surface area contributed by atoms with Crippen molar-refractivity contribution in [3.8, 4) is 0 Å². The molecule has 0 amide bonds. The number of benzene rings is 1. The van der Waals surface area contributed by atoms with Crippen LogP contribution in [0, 0.1) is 5.82 Å². The Bertz CT molecular complexity index is 741. The van der Waals surface area contributed by atoms with Crippen LogP contribution in [0.1, 0.15) is 24.0 Å². The molecule has 0 spiro atoms. The second kappa shape index (κ2) is 7.80. The molecule has 0 saturated carbocycles. The quantitative estimate of drug-likeness (QED) is 0.751. The first-order chi connectivity index (χ1) is 12.3. The molecule has 0 aliphatic carbocycles. The lowest BCUT2D eigenvalue weighted by Crippen LogP contribution is -2.38. The average molecular weight is 388 g/mol. The number of nitrogens with one attached hydrogen (secondary N) is 1. The highest BCUT2D eigenvalue weighted by Gasteiger charge is 2.32. The van der Waals surface area contributed by atoms with Gasteiger partial charge >= 0.3 is 6.18 Å². The highest BCUT2D eigenvalue weighted by atomic mass is 35.5. The van der Waals surface area contributed by atoms with Crippen LogP contribution >= 0.6 is 11.6 Å². The molecule has 0 bridgehead atoms. The normalized spacial score (nSPS) is 16.7. The van der Waals surface area contributed by atoms with Crippen molar-refractivity contribution in [1.82, 2.24) is 9.88 Å². The average Bonchev–Trinajstić information content (AvgIpc) is 2.59. The molecule has 3 rings (SSSR count). The number of nitrogens with zero attached hydrogens (tertiary/aromatic N) is 2. The van der Waals surface area contributed by atoms with E-state index in [1.54, 1.807) is 12.1 Å². The van der Waals surface area contributed by atoms with Crippen molar-refractivity contribution in [2.45, 2.75) is 31.6 Å². The van der Waals surface area contributed by atoms with Crippen LogP contribution in [0.5, 0.6) is 0 Å². The Morgan fingerprint density at radius 3 is 2.38 bits per heavy atom. The maximum Gasteiger partial charge on any atom is 0.417 e. The minimum absolute atomic E-state index is 0.0337. The molecule has 0 atom stereocenters. The number of piperidine rings is 1. The third-order valence-electron chi connectivity index (χ3n) is 4.42. The molecule has 8 heteroatoms. The molecule has 1 N–H and O–H groups in total. The summed E-state index contributed by atoms with van der Waals surface area (Å²) in [7, 11) is 0. The Balaban J connectivity index is 1.53. The molecule has 2 aromatic rings. The number of halogens is 5. The number of rotatable bonds is 4. The smallest absolute Gasteiger partial charge is 0.366 e. The van der Waals surface area contributed by atoms with Gasteiger partial charge in [0.25, 0.3) is 0 Å². The van der Waals surface area contributed by atoms with Crippen LogP contribution < -0.4 is 5.32 Å². The predicted octanol–water partition coefficient (Wildman–Crippen LogP) is 4.97. The number of alkyl halides is 3. The van der Waals surface area contributed by atoms with Crippen LogP contribution in [0.15, 0.2) is 36.5 Å². The van der Waals surface area contributed by atoms with Gasteiger partial charge in [-0.1, -0.05) is 23.7 Å². The summed E-state index contributed by atoms with van der Waals surface area (Å²) in [6.45, 7) is 2.40. The van der Waals surface area contributed by atoms with Gasteiger partial charge in [0.05, 0.1) is 10.6 Å². The zero-order valence-electron chi connectivity index (χ0n) is 13.9. The van der Waals surface area contributed by atoms with E-state index >= 15 is 0 Å². The molecule has 26 heavy (non-hydrogen) atoms. The summed E-state index contributed by atoms with van der Waals surface area (Å²) in [6, 6.07) is 7.42. The van der Waals surface area contributed by atoms with Crippen LogP contribution in [-0.4, -0.2) is 29.0 Å². The minimum atomic E-state index is -4.46. The van der Waals surface area contributed by atoms with E-state index in [2.05, 4.69) is 15.2 Å². The largest absolute Gasteiger partial charge is 0.417 e. The molecule has 1 aromatic heterocycles. The lowest BCUT2D eigenvalue weighted by atomic mass is 10.0. The van der Waals surface area contributed by atoms with Crippen LogP contribution in [-0.2, 0) is 12.7 Å². The van der Waals surface area contributed by atoms with Gasteiger partial charge < -0.3 is 5.32 Å². The molecule has 1 fully saturated rings. The van der Waals surface area contributed by atoms with Gasteiger partial charge in [-0.05, 0) is 36.6 Å². The van der Waals surface area contributed by atoms with Crippen molar-refractivity contribution in [1.29, 1.82) is 0 Å². The van der Waals surface area contributed by atoms with Crippen molar-refractivity contribution in [3.05, 3.63) is 58.5 Å². The van der Waals surface area contributed by atoms with E-state index in [1.807, 2.05) is 0 Å². The SMILES string of the molecule is Fc1ccc(CN2CCC(Nc3ncc(C(F)(F)F)cc3Cl)CC2)cc1. The van der Waals surface area contributed by atoms with E-state index in [-0.39, 0.29) is 22.7 Å². The number of pyridine rings is 1. The fraction of sp³-hybridized carbons (Fsp3) is 0.389. The second-order valence-corrected chi connectivity index (χ2v) is 6.78. The molecule has 2 heterocycles. The summed E-state index contributed by atoms with van der Waals surface area (Å²) < 4.78 is 50.9. The van der Waals surface area contributed by atoms with Crippen molar-refractivity contribution in [2.75, 3.05) is 18.4 Å². The fourth-order valence-electron chi connectivity index (χ4n) is 2.98. The Hall–Kier alpha value is -1.86. The maximum absolute atomic E-state index is 12.9. The number of hydrogen-bond donors (Lipinski definition) is 1. The number of hydrogen-bond acceptors (Lipinski definition) is 3. The summed E-state index contributed by atoms with van der Waals surface area (Å²) in [5, 5.41) is 3.10. The molecule has 3 nitrogen and oxygen atoms in total. The van der Waals surface area contributed by atoms with Gasteiger partial charge in [-0.3, -0.25) is 4.90 Å².